The molecule has 2 atom stereocenters. The second-order valence-corrected chi connectivity index (χ2v) is 3.54. The van der Waals surface area contributed by atoms with Crippen molar-refractivity contribution in [2.75, 3.05) is 27.3 Å². The first-order valence-corrected chi connectivity index (χ1v) is 4.54. The maximum atomic E-state index is 11.5. The van der Waals surface area contributed by atoms with Gasteiger partial charge in [0.25, 0.3) is 0 Å². The summed E-state index contributed by atoms with van der Waals surface area (Å²) in [5.74, 6) is -1.74. The minimum Gasteiger partial charge on any atom is -0.481 e. The van der Waals surface area contributed by atoms with Crippen molar-refractivity contribution < 1.29 is 19.4 Å². The second kappa shape index (κ2) is 4.41. The lowest BCUT2D eigenvalue weighted by Crippen LogP contribution is -2.32. The molecule has 1 rings (SSSR count). The molecule has 0 aromatic heterocycles. The Kier molecular flexibility index (Phi) is 3.46. The van der Waals surface area contributed by atoms with Crippen LogP contribution in [0.5, 0.6) is 0 Å². The molecule has 0 radical (unpaired) electrons. The van der Waals surface area contributed by atoms with E-state index >= 15 is 0 Å². The molecule has 1 saturated carbocycles. The summed E-state index contributed by atoms with van der Waals surface area (Å²) in [4.78, 5) is 23.6. The summed E-state index contributed by atoms with van der Waals surface area (Å²) in [5, 5.41) is 8.63. The predicted molar refractivity (Wildman–Crippen MR) is 48.7 cm³/mol. The fraction of sp³-hybridized carbons (Fsp3) is 0.778. The van der Waals surface area contributed by atoms with Crippen LogP contribution >= 0.6 is 0 Å². The standard InChI is InChI=1S/C9H15NO4/c1-10(3-4-14-2)8(11)6-5-7(6)9(12)13/h6-7H,3-5H2,1-2H3,(H,12,13)/t6-,7+/m1/s1. The molecule has 1 aliphatic carbocycles. The molecule has 0 saturated heterocycles. The fourth-order valence-electron chi connectivity index (χ4n) is 1.36. The molecule has 80 valence electrons. The Morgan fingerprint density at radius 2 is 2.14 bits per heavy atom. The molecule has 1 aliphatic rings. The van der Waals surface area contributed by atoms with Crippen LogP contribution in [0, 0.1) is 11.8 Å². The topological polar surface area (TPSA) is 66.8 Å². The maximum Gasteiger partial charge on any atom is 0.307 e. The van der Waals surface area contributed by atoms with Gasteiger partial charge in [-0.05, 0) is 6.42 Å². The normalized spacial score (nSPS) is 24.4. The van der Waals surface area contributed by atoms with Crippen molar-refractivity contribution >= 4 is 11.9 Å². The van der Waals surface area contributed by atoms with Gasteiger partial charge in [-0.1, -0.05) is 0 Å². The maximum absolute atomic E-state index is 11.5. The smallest absolute Gasteiger partial charge is 0.307 e. The van der Waals surface area contributed by atoms with E-state index in [1.807, 2.05) is 0 Å². The van der Waals surface area contributed by atoms with Gasteiger partial charge in [-0.2, -0.15) is 0 Å². The van der Waals surface area contributed by atoms with Gasteiger partial charge >= 0.3 is 5.97 Å². The highest BCUT2D eigenvalue weighted by Gasteiger charge is 2.49. The van der Waals surface area contributed by atoms with Gasteiger partial charge in [0, 0.05) is 20.7 Å². The molecule has 14 heavy (non-hydrogen) atoms. The minimum atomic E-state index is -0.872. The monoisotopic (exact) mass is 201 g/mol. The molecule has 0 bridgehead atoms. The summed E-state index contributed by atoms with van der Waals surface area (Å²) in [6, 6.07) is 0. The Bertz CT molecular complexity index is 241. The summed E-state index contributed by atoms with van der Waals surface area (Å²) in [5.41, 5.74) is 0. The molecule has 0 heterocycles. The number of hydrogen-bond acceptors (Lipinski definition) is 3. The molecular weight excluding hydrogens is 186 g/mol. The number of carbonyl (C=O) groups excluding carboxylic acids is 1. The zero-order valence-electron chi connectivity index (χ0n) is 8.40. The second-order valence-electron chi connectivity index (χ2n) is 3.54. The number of carboxylic acids is 1. The molecule has 0 aromatic rings. The number of carboxylic acid groups (broad SMARTS) is 1. The predicted octanol–water partition coefficient (Wildman–Crippen LogP) is -0.188. The van der Waals surface area contributed by atoms with Crippen LogP contribution in [0.3, 0.4) is 0 Å². The lowest BCUT2D eigenvalue weighted by Gasteiger charge is -2.16. The summed E-state index contributed by atoms with van der Waals surface area (Å²) in [6.45, 7) is 0.991. The Morgan fingerprint density at radius 3 is 2.57 bits per heavy atom. The minimum absolute atomic E-state index is 0.0885. The number of ether oxygens (including phenoxy) is 1. The summed E-state index contributed by atoms with van der Waals surface area (Å²) < 4.78 is 4.83. The first-order valence-electron chi connectivity index (χ1n) is 4.54. The van der Waals surface area contributed by atoms with Gasteiger partial charge in [-0.3, -0.25) is 9.59 Å². The van der Waals surface area contributed by atoms with Crippen LogP contribution in [0.2, 0.25) is 0 Å². The Labute approximate surface area is 82.6 Å². The number of aliphatic carboxylic acids is 1. The van der Waals surface area contributed by atoms with Crippen molar-refractivity contribution in [1.82, 2.24) is 4.90 Å². The van der Waals surface area contributed by atoms with Gasteiger partial charge in [0.05, 0.1) is 18.4 Å². The molecule has 0 aromatic carbocycles. The third kappa shape index (κ3) is 2.45. The van der Waals surface area contributed by atoms with Crippen molar-refractivity contribution in [3.05, 3.63) is 0 Å². The average molecular weight is 201 g/mol. The fourth-order valence-corrected chi connectivity index (χ4v) is 1.36. The molecule has 5 nitrogen and oxygen atoms in total. The number of likely N-dealkylation sites (N-methyl/N-ethyl adjacent to an activating group) is 1. The van der Waals surface area contributed by atoms with Crippen molar-refractivity contribution in [1.29, 1.82) is 0 Å². The van der Waals surface area contributed by atoms with Crippen molar-refractivity contribution in [3.8, 4) is 0 Å². The average Bonchev–Trinajstić information content (AvgIpc) is 2.92. The van der Waals surface area contributed by atoms with E-state index in [-0.39, 0.29) is 11.8 Å². The molecule has 0 aliphatic heterocycles. The van der Waals surface area contributed by atoms with Crippen LogP contribution < -0.4 is 0 Å². The number of amides is 1. The highest BCUT2D eigenvalue weighted by atomic mass is 16.5. The molecule has 1 fully saturated rings. The van der Waals surface area contributed by atoms with Crippen molar-refractivity contribution in [2.24, 2.45) is 11.8 Å². The van der Waals surface area contributed by atoms with Gasteiger partial charge in [0.15, 0.2) is 0 Å². The Morgan fingerprint density at radius 1 is 1.50 bits per heavy atom. The van der Waals surface area contributed by atoms with Gasteiger partial charge in [-0.15, -0.1) is 0 Å². The third-order valence-corrected chi connectivity index (χ3v) is 2.43. The molecular formula is C9H15NO4. The lowest BCUT2D eigenvalue weighted by atomic mass is 10.3. The van der Waals surface area contributed by atoms with Crippen molar-refractivity contribution in [3.63, 3.8) is 0 Å². The first-order chi connectivity index (χ1) is 6.57. The summed E-state index contributed by atoms with van der Waals surface area (Å²) >= 11 is 0. The van der Waals surface area contributed by atoms with E-state index in [1.54, 1.807) is 14.2 Å². The van der Waals surface area contributed by atoms with E-state index < -0.39 is 11.9 Å². The van der Waals surface area contributed by atoms with Gasteiger partial charge in [0.2, 0.25) is 5.91 Å². The van der Waals surface area contributed by atoms with Crippen molar-refractivity contribution in [2.45, 2.75) is 6.42 Å². The quantitative estimate of drug-likeness (QED) is 0.669. The van der Waals surface area contributed by atoms with E-state index in [1.165, 1.54) is 4.90 Å². The number of rotatable bonds is 5. The van der Waals surface area contributed by atoms with Crippen LogP contribution in [-0.4, -0.2) is 49.2 Å². The molecule has 1 N–H and O–H groups in total. The van der Waals surface area contributed by atoms with Gasteiger partial charge < -0.3 is 14.7 Å². The molecule has 0 unspecified atom stereocenters. The van der Waals surface area contributed by atoms with Gasteiger partial charge in [-0.25, -0.2) is 0 Å². The van der Waals surface area contributed by atoms with E-state index in [9.17, 15) is 9.59 Å². The largest absolute Gasteiger partial charge is 0.481 e. The number of carbonyl (C=O) groups is 2. The number of nitrogens with zero attached hydrogens (tertiary/aromatic N) is 1. The van der Waals surface area contributed by atoms with E-state index in [0.29, 0.717) is 19.6 Å². The summed E-state index contributed by atoms with van der Waals surface area (Å²) in [7, 11) is 3.23. The zero-order chi connectivity index (χ0) is 10.7. The Hall–Kier alpha value is -1.10. The van der Waals surface area contributed by atoms with Crippen LogP contribution in [0.4, 0.5) is 0 Å². The SMILES string of the molecule is COCCN(C)C(=O)[C@@H]1C[C@@H]1C(=O)O. The summed E-state index contributed by atoms with van der Waals surface area (Å²) in [6.07, 6.45) is 0.478. The number of methoxy groups -OCH3 is 1. The van der Waals surface area contributed by atoms with Crippen LogP contribution in [0.15, 0.2) is 0 Å². The van der Waals surface area contributed by atoms with Gasteiger partial charge in [0.1, 0.15) is 0 Å². The lowest BCUT2D eigenvalue weighted by molar-refractivity contribution is -0.141. The third-order valence-electron chi connectivity index (χ3n) is 2.43. The highest BCUT2D eigenvalue weighted by molar-refractivity contribution is 5.89. The highest BCUT2D eigenvalue weighted by Crippen LogP contribution is 2.39. The first kappa shape index (κ1) is 11.0. The molecule has 5 heteroatoms. The van der Waals surface area contributed by atoms with Crippen LogP contribution in [0.1, 0.15) is 6.42 Å². The van der Waals surface area contributed by atoms with E-state index in [2.05, 4.69) is 0 Å². The van der Waals surface area contributed by atoms with Crippen LogP contribution in [0.25, 0.3) is 0 Å². The van der Waals surface area contributed by atoms with Crippen LogP contribution in [-0.2, 0) is 14.3 Å². The zero-order valence-corrected chi connectivity index (χ0v) is 8.40. The van der Waals surface area contributed by atoms with E-state index in [0.717, 1.165) is 0 Å². The molecule has 1 amide bonds. The number of hydrogen-bond donors (Lipinski definition) is 1. The molecule has 0 spiro atoms. The Balaban J connectivity index is 2.32. The van der Waals surface area contributed by atoms with E-state index in [4.69, 9.17) is 9.84 Å².